The number of rotatable bonds is 5. The first kappa shape index (κ1) is 24.1. The van der Waals surface area contributed by atoms with Crippen molar-refractivity contribution in [3.63, 3.8) is 0 Å². The molecule has 0 fully saturated rings. The molecule has 33 heavy (non-hydrogen) atoms. The summed E-state index contributed by atoms with van der Waals surface area (Å²) in [6, 6.07) is 1.46. The van der Waals surface area contributed by atoms with Crippen LogP contribution in [0.4, 0.5) is 23.2 Å². The highest BCUT2D eigenvalue weighted by Gasteiger charge is 2.50. The molecule has 0 saturated carbocycles. The highest BCUT2D eigenvalue weighted by molar-refractivity contribution is 6.31. The van der Waals surface area contributed by atoms with Crippen LogP contribution in [0.2, 0.25) is 5.02 Å². The Labute approximate surface area is 190 Å². The molecular formula is C20H16ClF4N5O3. The number of aliphatic imine (C=N–C) groups is 1. The number of nitrogens with one attached hydrogen (secondary N) is 1. The van der Waals surface area contributed by atoms with Crippen LogP contribution in [0.1, 0.15) is 29.4 Å². The zero-order valence-corrected chi connectivity index (χ0v) is 17.7. The largest absolute Gasteiger partial charge is 0.463 e. The standard InChI is InChI=1S/C20H16ClF4N5O3/c1-3-4-32-15-9-27-13(8-28-15)17(31)29-10-5-11(16(22)12(21)6-10)19(2)7-14(20(23,24)25)33-18(26)30-19/h1,5-6,8-9,14H,4,7H2,2H3,(H2,26,30)(H,29,31)/t14-,19+/m0/s1. The van der Waals surface area contributed by atoms with Crippen molar-refractivity contribution in [2.24, 2.45) is 10.7 Å². The van der Waals surface area contributed by atoms with Gasteiger partial charge in [-0.1, -0.05) is 17.5 Å². The predicted octanol–water partition coefficient (Wildman–Crippen LogP) is 3.41. The van der Waals surface area contributed by atoms with E-state index in [1.807, 2.05) is 0 Å². The molecule has 8 nitrogen and oxygen atoms in total. The van der Waals surface area contributed by atoms with Crippen LogP contribution in [0.15, 0.2) is 29.5 Å². The lowest BCUT2D eigenvalue weighted by atomic mass is 9.85. The van der Waals surface area contributed by atoms with Crippen molar-refractivity contribution in [3.05, 3.63) is 46.6 Å². The minimum atomic E-state index is -4.76. The minimum absolute atomic E-state index is 0.0131. The summed E-state index contributed by atoms with van der Waals surface area (Å²) >= 11 is 5.94. The third-order valence-corrected chi connectivity index (χ3v) is 4.87. The average molecular weight is 486 g/mol. The van der Waals surface area contributed by atoms with Gasteiger partial charge in [0, 0.05) is 17.7 Å². The fourth-order valence-electron chi connectivity index (χ4n) is 3.09. The summed E-state index contributed by atoms with van der Waals surface area (Å²) < 4.78 is 64.2. The summed E-state index contributed by atoms with van der Waals surface area (Å²) in [6.07, 6.45) is -0.459. The number of hydrogen-bond acceptors (Lipinski definition) is 7. The number of carbonyl (C=O) groups is 1. The number of ether oxygens (including phenoxy) is 2. The number of hydrogen-bond donors (Lipinski definition) is 2. The summed E-state index contributed by atoms with van der Waals surface area (Å²) in [6.45, 7) is 1.21. The summed E-state index contributed by atoms with van der Waals surface area (Å²) in [4.78, 5) is 24.1. The molecule has 0 aliphatic carbocycles. The summed E-state index contributed by atoms with van der Waals surface area (Å²) in [5, 5.41) is 1.99. The molecule has 3 rings (SSSR count). The molecule has 2 heterocycles. The Morgan fingerprint density at radius 1 is 1.42 bits per heavy atom. The predicted molar refractivity (Wildman–Crippen MR) is 110 cm³/mol. The van der Waals surface area contributed by atoms with Crippen LogP contribution >= 0.6 is 11.6 Å². The molecule has 0 spiro atoms. The number of aromatic nitrogens is 2. The first-order valence-electron chi connectivity index (χ1n) is 9.21. The van der Waals surface area contributed by atoms with Gasteiger partial charge in [0.15, 0.2) is 12.7 Å². The number of terminal acetylenes is 1. The number of nitrogens with zero attached hydrogens (tertiary/aromatic N) is 3. The van der Waals surface area contributed by atoms with Crippen LogP contribution in [0, 0.1) is 18.2 Å². The molecule has 1 aliphatic heterocycles. The van der Waals surface area contributed by atoms with E-state index in [0.717, 1.165) is 18.3 Å². The Hall–Kier alpha value is -3.59. The Morgan fingerprint density at radius 2 is 2.15 bits per heavy atom. The van der Waals surface area contributed by atoms with Crippen LogP contribution in [-0.2, 0) is 10.3 Å². The molecule has 1 aromatic heterocycles. The first-order valence-corrected chi connectivity index (χ1v) is 9.58. The fraction of sp³-hybridized carbons (Fsp3) is 0.300. The van der Waals surface area contributed by atoms with Gasteiger partial charge in [-0.2, -0.15) is 13.2 Å². The zero-order chi connectivity index (χ0) is 24.4. The van der Waals surface area contributed by atoms with Crippen molar-refractivity contribution < 1.29 is 31.8 Å². The van der Waals surface area contributed by atoms with Gasteiger partial charge in [0.25, 0.3) is 11.9 Å². The number of anilines is 1. The average Bonchev–Trinajstić information content (AvgIpc) is 2.73. The van der Waals surface area contributed by atoms with Gasteiger partial charge in [0.1, 0.15) is 11.5 Å². The molecule has 1 aliphatic rings. The van der Waals surface area contributed by atoms with E-state index in [1.54, 1.807) is 0 Å². The zero-order valence-electron chi connectivity index (χ0n) is 16.9. The number of amides is 1. The maximum absolute atomic E-state index is 14.8. The molecule has 2 aromatic rings. The lowest BCUT2D eigenvalue weighted by molar-refractivity contribution is -0.208. The van der Waals surface area contributed by atoms with Gasteiger partial charge >= 0.3 is 6.18 Å². The van der Waals surface area contributed by atoms with E-state index in [-0.39, 0.29) is 29.4 Å². The van der Waals surface area contributed by atoms with Crippen LogP contribution < -0.4 is 15.8 Å². The molecule has 0 unspecified atom stereocenters. The van der Waals surface area contributed by atoms with Gasteiger partial charge in [-0.3, -0.25) is 4.79 Å². The number of halogens is 5. The van der Waals surface area contributed by atoms with Gasteiger partial charge in [0.05, 0.1) is 23.0 Å². The minimum Gasteiger partial charge on any atom is -0.463 e. The normalized spacial score (nSPS) is 20.3. The molecule has 174 valence electrons. The highest BCUT2D eigenvalue weighted by atomic mass is 35.5. The van der Waals surface area contributed by atoms with Gasteiger partial charge in [-0.25, -0.2) is 19.4 Å². The maximum atomic E-state index is 14.8. The second-order valence-corrected chi connectivity index (χ2v) is 7.49. The van der Waals surface area contributed by atoms with Crippen LogP contribution in [0.3, 0.4) is 0 Å². The van der Waals surface area contributed by atoms with E-state index < -0.39 is 47.0 Å². The van der Waals surface area contributed by atoms with Crippen LogP contribution in [0.5, 0.6) is 5.88 Å². The number of alkyl halides is 3. The maximum Gasteiger partial charge on any atom is 0.425 e. The Bertz CT molecular complexity index is 1130. The molecule has 1 amide bonds. The smallest absolute Gasteiger partial charge is 0.425 e. The van der Waals surface area contributed by atoms with Crippen molar-refractivity contribution in [2.75, 3.05) is 11.9 Å². The van der Waals surface area contributed by atoms with E-state index in [9.17, 15) is 22.4 Å². The molecule has 0 bridgehead atoms. The fourth-order valence-corrected chi connectivity index (χ4v) is 3.31. The Balaban J connectivity index is 1.89. The quantitative estimate of drug-likeness (QED) is 0.496. The third-order valence-electron chi connectivity index (χ3n) is 4.60. The summed E-state index contributed by atoms with van der Waals surface area (Å²) in [5.74, 6) is 0.591. The van der Waals surface area contributed by atoms with Crippen molar-refractivity contribution in [1.29, 1.82) is 0 Å². The molecule has 3 N–H and O–H groups in total. The van der Waals surface area contributed by atoms with Crippen molar-refractivity contribution in [3.8, 4) is 18.2 Å². The molecule has 2 atom stereocenters. The van der Waals surface area contributed by atoms with Crippen molar-refractivity contribution in [1.82, 2.24) is 9.97 Å². The highest BCUT2D eigenvalue weighted by Crippen LogP contribution is 2.42. The molecule has 0 radical (unpaired) electrons. The van der Waals surface area contributed by atoms with E-state index in [2.05, 4.69) is 30.9 Å². The Morgan fingerprint density at radius 3 is 2.76 bits per heavy atom. The SMILES string of the molecule is C#CCOc1cnc(C(=O)Nc2cc(Cl)c(F)c([C@@]3(C)C[C@@H](C(F)(F)F)OC(N)=N3)c2)cn1. The lowest BCUT2D eigenvalue weighted by Crippen LogP contribution is -2.46. The van der Waals surface area contributed by atoms with E-state index in [1.165, 1.54) is 13.1 Å². The molecule has 13 heteroatoms. The lowest BCUT2D eigenvalue weighted by Gasteiger charge is -2.36. The summed E-state index contributed by atoms with van der Waals surface area (Å²) in [5.41, 5.74) is 3.21. The first-order chi connectivity index (χ1) is 15.4. The van der Waals surface area contributed by atoms with E-state index in [4.69, 9.17) is 28.5 Å². The Kier molecular flexibility index (Phi) is 6.64. The van der Waals surface area contributed by atoms with Gasteiger partial charge in [-0.15, -0.1) is 6.42 Å². The number of carbonyl (C=O) groups excluding carboxylic acids is 1. The second-order valence-electron chi connectivity index (χ2n) is 7.08. The van der Waals surface area contributed by atoms with Gasteiger partial charge in [-0.05, 0) is 19.1 Å². The van der Waals surface area contributed by atoms with Gasteiger partial charge < -0.3 is 20.5 Å². The van der Waals surface area contributed by atoms with Crippen molar-refractivity contribution >= 4 is 29.2 Å². The van der Waals surface area contributed by atoms with Crippen LogP contribution in [0.25, 0.3) is 0 Å². The van der Waals surface area contributed by atoms with Gasteiger partial charge in [0.2, 0.25) is 5.88 Å². The van der Waals surface area contributed by atoms with Crippen LogP contribution in [-0.4, -0.2) is 40.8 Å². The second kappa shape index (κ2) is 9.11. The topological polar surface area (TPSA) is 112 Å². The molecular weight excluding hydrogens is 470 g/mol. The third kappa shape index (κ3) is 5.43. The number of benzene rings is 1. The molecule has 0 saturated heterocycles. The van der Waals surface area contributed by atoms with Crippen molar-refractivity contribution in [2.45, 2.75) is 31.2 Å². The number of amidine groups is 1. The van der Waals surface area contributed by atoms with E-state index in [0.29, 0.717) is 0 Å². The summed E-state index contributed by atoms with van der Waals surface area (Å²) in [7, 11) is 0. The van der Waals surface area contributed by atoms with E-state index >= 15 is 0 Å². The monoisotopic (exact) mass is 485 g/mol. The molecule has 1 aromatic carbocycles. The number of nitrogens with two attached hydrogens (primary N) is 1.